The molecule has 0 bridgehead atoms. The van der Waals surface area contributed by atoms with Gasteiger partial charge in [-0.05, 0) is 41.6 Å². The molecule has 100 valence electrons. The monoisotopic (exact) mass is 265 g/mol. The molecule has 5 heteroatoms. The van der Waals surface area contributed by atoms with Gasteiger partial charge in [0.05, 0.1) is 11.9 Å². The van der Waals surface area contributed by atoms with Crippen molar-refractivity contribution < 1.29 is 0 Å². The topological polar surface area (TPSA) is 104 Å². The molecule has 2 aromatic heterocycles. The molecular formula is C15H15N5. The van der Waals surface area contributed by atoms with Gasteiger partial charge in [-0.1, -0.05) is 0 Å². The second kappa shape index (κ2) is 4.38. The minimum atomic E-state index is 0.469. The third kappa shape index (κ3) is 1.89. The van der Waals surface area contributed by atoms with Gasteiger partial charge in [0.1, 0.15) is 5.82 Å². The van der Waals surface area contributed by atoms with E-state index >= 15 is 0 Å². The van der Waals surface area contributed by atoms with E-state index in [9.17, 15) is 0 Å². The molecule has 20 heavy (non-hydrogen) atoms. The number of pyridine rings is 2. The van der Waals surface area contributed by atoms with Crippen LogP contribution in [0.4, 0.5) is 17.2 Å². The van der Waals surface area contributed by atoms with Gasteiger partial charge in [0, 0.05) is 29.0 Å². The molecule has 0 fully saturated rings. The lowest BCUT2D eigenvalue weighted by Gasteiger charge is -2.11. The van der Waals surface area contributed by atoms with E-state index < -0.39 is 0 Å². The van der Waals surface area contributed by atoms with Crippen LogP contribution in [0.2, 0.25) is 0 Å². The highest BCUT2D eigenvalue weighted by Crippen LogP contribution is 2.32. The number of fused-ring (bicyclic) bond motifs is 1. The third-order valence-corrected chi connectivity index (χ3v) is 3.46. The van der Waals surface area contributed by atoms with Crippen molar-refractivity contribution in [3.63, 3.8) is 0 Å². The number of rotatable bonds is 1. The molecule has 0 spiro atoms. The minimum Gasteiger partial charge on any atom is -0.398 e. The normalized spacial score (nSPS) is 10.8. The van der Waals surface area contributed by atoms with Crippen molar-refractivity contribution in [2.75, 3.05) is 17.2 Å². The lowest BCUT2D eigenvalue weighted by atomic mass is 9.98. The highest BCUT2D eigenvalue weighted by molar-refractivity contribution is 5.97. The zero-order valence-electron chi connectivity index (χ0n) is 11.1. The molecule has 0 amide bonds. The molecule has 6 N–H and O–H groups in total. The second-order valence-electron chi connectivity index (χ2n) is 4.80. The molecule has 0 atom stereocenters. The standard InChI is InChI=1S/C15H15N5/c1-8-11(5-19-7-14(8)17)9-2-10-4-15(18)20-6-12(10)13(16)3-9/h2-7H,16-17H2,1H3,(H2,18,20). The zero-order chi connectivity index (χ0) is 14.3. The van der Waals surface area contributed by atoms with Crippen LogP contribution in [-0.4, -0.2) is 9.97 Å². The molecule has 0 unspecified atom stereocenters. The lowest BCUT2D eigenvalue weighted by molar-refractivity contribution is 1.29. The summed E-state index contributed by atoms with van der Waals surface area (Å²) in [6.07, 6.45) is 5.12. The van der Waals surface area contributed by atoms with Gasteiger partial charge in [0.15, 0.2) is 0 Å². The van der Waals surface area contributed by atoms with Gasteiger partial charge in [-0.3, -0.25) is 4.98 Å². The highest BCUT2D eigenvalue weighted by atomic mass is 14.8. The number of nitrogens with two attached hydrogens (primary N) is 3. The van der Waals surface area contributed by atoms with E-state index in [1.54, 1.807) is 18.6 Å². The Labute approximate surface area is 116 Å². The Kier molecular flexibility index (Phi) is 2.68. The number of nitrogens with zero attached hydrogens (tertiary/aromatic N) is 2. The molecule has 0 aliphatic rings. The van der Waals surface area contributed by atoms with Crippen molar-refractivity contribution in [2.45, 2.75) is 6.92 Å². The molecule has 3 rings (SSSR count). The molecule has 3 aromatic rings. The number of hydrogen-bond donors (Lipinski definition) is 3. The van der Waals surface area contributed by atoms with Crippen molar-refractivity contribution in [3.05, 3.63) is 42.4 Å². The van der Waals surface area contributed by atoms with E-state index in [2.05, 4.69) is 9.97 Å². The van der Waals surface area contributed by atoms with E-state index in [1.165, 1.54) is 0 Å². The van der Waals surface area contributed by atoms with Crippen LogP contribution in [0.1, 0.15) is 5.56 Å². The molecule has 0 aliphatic heterocycles. The summed E-state index contributed by atoms with van der Waals surface area (Å²) in [5.41, 5.74) is 22.0. The first-order valence-electron chi connectivity index (χ1n) is 6.21. The van der Waals surface area contributed by atoms with Gasteiger partial charge < -0.3 is 17.2 Å². The Morgan fingerprint density at radius 1 is 0.900 bits per heavy atom. The first-order chi connectivity index (χ1) is 9.56. The minimum absolute atomic E-state index is 0.469. The number of hydrogen-bond acceptors (Lipinski definition) is 5. The highest BCUT2D eigenvalue weighted by Gasteiger charge is 2.08. The fourth-order valence-corrected chi connectivity index (χ4v) is 2.29. The molecule has 0 saturated carbocycles. The van der Waals surface area contributed by atoms with Crippen LogP contribution >= 0.6 is 0 Å². The quantitative estimate of drug-likeness (QED) is 0.586. The summed E-state index contributed by atoms with van der Waals surface area (Å²) in [6, 6.07) is 5.74. The van der Waals surface area contributed by atoms with Crippen LogP contribution < -0.4 is 17.2 Å². The molecule has 0 saturated heterocycles. The van der Waals surface area contributed by atoms with E-state index in [4.69, 9.17) is 17.2 Å². The van der Waals surface area contributed by atoms with Crippen LogP contribution in [0.5, 0.6) is 0 Å². The molecule has 0 aliphatic carbocycles. The Balaban J connectivity index is 2.29. The maximum Gasteiger partial charge on any atom is 0.123 e. The first-order valence-corrected chi connectivity index (χ1v) is 6.21. The third-order valence-electron chi connectivity index (χ3n) is 3.46. The number of aromatic nitrogens is 2. The van der Waals surface area contributed by atoms with Gasteiger partial charge >= 0.3 is 0 Å². The van der Waals surface area contributed by atoms with Gasteiger partial charge in [-0.25, -0.2) is 4.98 Å². The summed E-state index contributed by atoms with van der Waals surface area (Å²) in [5, 5.41) is 1.84. The smallest absolute Gasteiger partial charge is 0.123 e. The van der Waals surface area contributed by atoms with Crippen molar-refractivity contribution in [1.29, 1.82) is 0 Å². The summed E-state index contributed by atoms with van der Waals surface area (Å²) in [5.74, 6) is 0.469. The second-order valence-corrected chi connectivity index (χ2v) is 4.80. The fraction of sp³-hybridized carbons (Fsp3) is 0.0667. The van der Waals surface area contributed by atoms with Crippen LogP contribution in [0, 0.1) is 6.92 Å². The molecule has 5 nitrogen and oxygen atoms in total. The average Bonchev–Trinajstić information content (AvgIpc) is 2.41. The Hall–Kier alpha value is -2.82. The van der Waals surface area contributed by atoms with Gasteiger partial charge in [0.25, 0.3) is 0 Å². The predicted molar refractivity (Wildman–Crippen MR) is 82.9 cm³/mol. The fourth-order valence-electron chi connectivity index (χ4n) is 2.29. The summed E-state index contributed by atoms with van der Waals surface area (Å²) < 4.78 is 0. The van der Waals surface area contributed by atoms with Crippen molar-refractivity contribution in [3.8, 4) is 11.1 Å². The SMILES string of the molecule is Cc1c(N)cncc1-c1cc(N)c2cnc(N)cc2c1. The molecule has 1 aromatic carbocycles. The number of benzene rings is 1. The molecule has 0 radical (unpaired) electrons. The number of nitrogen functional groups attached to an aromatic ring is 3. The predicted octanol–water partition coefficient (Wildman–Crippen LogP) is 2.35. The van der Waals surface area contributed by atoms with Gasteiger partial charge in [-0.2, -0.15) is 0 Å². The van der Waals surface area contributed by atoms with E-state index in [1.807, 2.05) is 25.1 Å². The molecular weight excluding hydrogens is 250 g/mol. The van der Waals surface area contributed by atoms with Crippen molar-refractivity contribution >= 4 is 28.0 Å². The maximum absolute atomic E-state index is 6.10. The lowest BCUT2D eigenvalue weighted by Crippen LogP contribution is -1.96. The van der Waals surface area contributed by atoms with Crippen LogP contribution in [0.15, 0.2) is 36.8 Å². The van der Waals surface area contributed by atoms with Crippen LogP contribution in [-0.2, 0) is 0 Å². The van der Waals surface area contributed by atoms with Crippen LogP contribution in [0.25, 0.3) is 21.9 Å². The van der Waals surface area contributed by atoms with E-state index in [0.717, 1.165) is 27.5 Å². The first kappa shape index (κ1) is 12.2. The number of anilines is 3. The Morgan fingerprint density at radius 2 is 1.70 bits per heavy atom. The zero-order valence-corrected chi connectivity index (χ0v) is 11.1. The summed E-state index contributed by atoms with van der Waals surface area (Å²) in [7, 11) is 0. The largest absolute Gasteiger partial charge is 0.398 e. The summed E-state index contributed by atoms with van der Waals surface area (Å²) in [4.78, 5) is 8.21. The Morgan fingerprint density at radius 3 is 2.50 bits per heavy atom. The van der Waals surface area contributed by atoms with Gasteiger partial charge in [-0.15, -0.1) is 0 Å². The van der Waals surface area contributed by atoms with Crippen LogP contribution in [0.3, 0.4) is 0 Å². The average molecular weight is 265 g/mol. The van der Waals surface area contributed by atoms with Crippen molar-refractivity contribution in [2.24, 2.45) is 0 Å². The Bertz CT molecular complexity index is 811. The molecule has 2 heterocycles. The van der Waals surface area contributed by atoms with E-state index in [-0.39, 0.29) is 0 Å². The maximum atomic E-state index is 6.10. The summed E-state index contributed by atoms with van der Waals surface area (Å²) >= 11 is 0. The van der Waals surface area contributed by atoms with Crippen molar-refractivity contribution in [1.82, 2.24) is 9.97 Å². The van der Waals surface area contributed by atoms with Gasteiger partial charge in [0.2, 0.25) is 0 Å². The summed E-state index contributed by atoms with van der Waals surface area (Å²) in [6.45, 7) is 1.97. The van der Waals surface area contributed by atoms with E-state index in [0.29, 0.717) is 17.2 Å².